The lowest BCUT2D eigenvalue weighted by molar-refractivity contribution is -0.140. The largest absolute Gasteiger partial charge is 0.417 e. The minimum atomic E-state index is -5.26. The first kappa shape index (κ1) is 30.2. The second-order valence-corrected chi connectivity index (χ2v) is 8.63. The summed E-state index contributed by atoms with van der Waals surface area (Å²) in [4.78, 5) is 19.9. The topological polar surface area (TPSA) is 54.9 Å². The van der Waals surface area contributed by atoms with Crippen LogP contribution in [0.2, 0.25) is 10.0 Å². The molecule has 3 rings (SSSR count). The molecule has 0 fully saturated rings. The first-order valence-electron chi connectivity index (χ1n) is 10.6. The quantitative estimate of drug-likeness (QED) is 0.207. The molecule has 0 aliphatic carbocycles. The van der Waals surface area contributed by atoms with E-state index in [2.05, 4.69) is 15.3 Å². The summed E-state index contributed by atoms with van der Waals surface area (Å²) in [5.41, 5.74) is -5.40. The standard InChI is InChI=1S/C24H14Cl2F9N3O/c25-17-8-12(6-14(20(17)26)21(28)29)15(23(30,31)32)9-18(27)11-2-3-13(16(7-11)24(33,34)35)19(39)10-38-22-36-4-1-5-37-22/h1-9,15,21H,10H2,(H,36,37,38)/b18-9-. The van der Waals surface area contributed by atoms with E-state index in [1.165, 1.54) is 18.5 Å². The van der Waals surface area contributed by atoms with Crippen molar-refractivity contribution in [3.63, 3.8) is 0 Å². The zero-order chi connectivity index (χ0) is 29.1. The second-order valence-electron chi connectivity index (χ2n) is 7.85. The van der Waals surface area contributed by atoms with Gasteiger partial charge in [-0.2, -0.15) is 26.3 Å². The Balaban J connectivity index is 2.02. The molecule has 1 atom stereocenters. The maximum Gasteiger partial charge on any atom is 0.417 e. The van der Waals surface area contributed by atoms with Crippen LogP contribution in [0.5, 0.6) is 0 Å². The number of hydrogen-bond acceptors (Lipinski definition) is 4. The molecule has 0 aliphatic rings. The van der Waals surface area contributed by atoms with E-state index < -0.39 is 80.7 Å². The van der Waals surface area contributed by atoms with Gasteiger partial charge >= 0.3 is 12.4 Å². The van der Waals surface area contributed by atoms with E-state index in [1.54, 1.807) is 0 Å². The number of alkyl halides is 8. The van der Waals surface area contributed by atoms with Gasteiger partial charge in [-0.3, -0.25) is 4.79 Å². The van der Waals surface area contributed by atoms with Crippen LogP contribution in [-0.4, -0.2) is 28.5 Å². The number of Topliss-reactive ketones (excluding diaryl/α,β-unsaturated/α-hetero) is 1. The Morgan fingerprint density at radius 2 is 1.64 bits per heavy atom. The van der Waals surface area contributed by atoms with Gasteiger partial charge < -0.3 is 5.32 Å². The van der Waals surface area contributed by atoms with Crippen molar-refractivity contribution in [2.45, 2.75) is 24.7 Å². The lowest BCUT2D eigenvalue weighted by Gasteiger charge is -2.20. The number of anilines is 1. The minimum absolute atomic E-state index is 0.0551. The monoisotopic (exact) mass is 601 g/mol. The summed E-state index contributed by atoms with van der Waals surface area (Å²) >= 11 is 11.3. The first-order valence-corrected chi connectivity index (χ1v) is 11.3. The van der Waals surface area contributed by atoms with Crippen molar-refractivity contribution in [1.29, 1.82) is 0 Å². The van der Waals surface area contributed by atoms with E-state index >= 15 is 0 Å². The van der Waals surface area contributed by atoms with Crippen molar-refractivity contribution < 1.29 is 44.3 Å². The number of carbonyl (C=O) groups excluding carboxylic acids is 1. The van der Waals surface area contributed by atoms with Gasteiger partial charge in [0.1, 0.15) is 11.7 Å². The summed E-state index contributed by atoms with van der Waals surface area (Å²) in [5.74, 6) is -5.78. The highest BCUT2D eigenvalue weighted by atomic mass is 35.5. The fraction of sp³-hybridized carbons (Fsp3) is 0.208. The van der Waals surface area contributed by atoms with Gasteiger partial charge in [0.05, 0.1) is 22.2 Å². The zero-order valence-electron chi connectivity index (χ0n) is 19.0. The molecule has 208 valence electrons. The molecule has 0 radical (unpaired) electrons. The fourth-order valence-electron chi connectivity index (χ4n) is 3.41. The molecule has 0 saturated heterocycles. The van der Waals surface area contributed by atoms with E-state index in [0.29, 0.717) is 24.3 Å². The van der Waals surface area contributed by atoms with Crippen LogP contribution < -0.4 is 5.32 Å². The van der Waals surface area contributed by atoms with Crippen LogP contribution in [0.15, 0.2) is 54.9 Å². The molecular formula is C24H14Cl2F9N3O. The maximum atomic E-state index is 15.0. The molecule has 2 aromatic carbocycles. The predicted octanol–water partition coefficient (Wildman–Crippen LogP) is 8.69. The van der Waals surface area contributed by atoms with Gasteiger partial charge in [-0.15, -0.1) is 0 Å². The zero-order valence-corrected chi connectivity index (χ0v) is 20.5. The van der Waals surface area contributed by atoms with Crippen LogP contribution in [0.4, 0.5) is 45.5 Å². The van der Waals surface area contributed by atoms with E-state index in [-0.39, 0.29) is 18.1 Å². The number of halogens is 11. The molecule has 1 aromatic heterocycles. The Kier molecular flexibility index (Phi) is 9.16. The van der Waals surface area contributed by atoms with E-state index in [4.69, 9.17) is 23.2 Å². The molecule has 0 aliphatic heterocycles. The summed E-state index contributed by atoms with van der Waals surface area (Å²) in [7, 11) is 0. The summed E-state index contributed by atoms with van der Waals surface area (Å²) in [6.45, 7) is -0.676. The second kappa shape index (κ2) is 11.8. The third kappa shape index (κ3) is 7.41. The number of hydrogen-bond donors (Lipinski definition) is 1. The normalized spacial score (nSPS) is 13.5. The van der Waals surface area contributed by atoms with Crippen molar-refractivity contribution in [2.75, 3.05) is 11.9 Å². The molecule has 0 amide bonds. The molecule has 39 heavy (non-hydrogen) atoms. The molecule has 4 nitrogen and oxygen atoms in total. The molecule has 0 saturated carbocycles. The smallest absolute Gasteiger partial charge is 0.347 e. The highest BCUT2D eigenvalue weighted by Gasteiger charge is 2.41. The van der Waals surface area contributed by atoms with Gasteiger partial charge in [0, 0.05) is 29.1 Å². The molecule has 1 heterocycles. The highest BCUT2D eigenvalue weighted by Crippen LogP contribution is 2.43. The third-order valence-corrected chi connectivity index (χ3v) is 6.03. The summed E-state index contributed by atoms with van der Waals surface area (Å²) in [6.07, 6.45) is -11.2. The van der Waals surface area contributed by atoms with Crippen LogP contribution in [-0.2, 0) is 6.18 Å². The van der Waals surface area contributed by atoms with Gasteiger partial charge in [-0.1, -0.05) is 35.3 Å². The average Bonchev–Trinajstić information content (AvgIpc) is 2.86. The lowest BCUT2D eigenvalue weighted by Crippen LogP contribution is -2.20. The van der Waals surface area contributed by atoms with Crippen molar-refractivity contribution >= 4 is 40.8 Å². The van der Waals surface area contributed by atoms with Gasteiger partial charge in [0.25, 0.3) is 6.43 Å². The van der Waals surface area contributed by atoms with Crippen LogP contribution >= 0.6 is 23.2 Å². The Bertz CT molecular complexity index is 1380. The van der Waals surface area contributed by atoms with E-state index in [1.807, 2.05) is 0 Å². The van der Waals surface area contributed by atoms with Gasteiger partial charge in [-0.25, -0.2) is 23.1 Å². The van der Waals surface area contributed by atoms with Crippen molar-refractivity contribution in [3.8, 4) is 0 Å². The number of benzene rings is 2. The Labute approximate surface area is 224 Å². The van der Waals surface area contributed by atoms with Gasteiger partial charge in [-0.05, 0) is 35.9 Å². The molecule has 3 aromatic rings. The number of aromatic nitrogens is 2. The summed E-state index contributed by atoms with van der Waals surface area (Å²) in [5, 5.41) is 1.05. The van der Waals surface area contributed by atoms with E-state index in [9.17, 15) is 44.3 Å². The number of rotatable bonds is 8. The van der Waals surface area contributed by atoms with Crippen LogP contribution in [0.3, 0.4) is 0 Å². The van der Waals surface area contributed by atoms with Crippen LogP contribution in [0.25, 0.3) is 5.83 Å². The van der Waals surface area contributed by atoms with Gasteiger partial charge in [0.15, 0.2) is 5.78 Å². The molecule has 0 spiro atoms. The summed E-state index contributed by atoms with van der Waals surface area (Å²) in [6, 6.07) is 3.90. The fourth-order valence-corrected chi connectivity index (χ4v) is 3.83. The number of allylic oxidation sites excluding steroid dienone is 1. The van der Waals surface area contributed by atoms with Crippen LogP contribution in [0, 0.1) is 0 Å². The van der Waals surface area contributed by atoms with Crippen LogP contribution in [0.1, 0.15) is 45.0 Å². The predicted molar refractivity (Wildman–Crippen MR) is 126 cm³/mol. The lowest BCUT2D eigenvalue weighted by atomic mass is 9.94. The maximum absolute atomic E-state index is 15.0. The minimum Gasteiger partial charge on any atom is -0.347 e. The Hall–Kier alpha value is -3.32. The Morgan fingerprint density at radius 3 is 2.21 bits per heavy atom. The molecule has 0 bridgehead atoms. The highest BCUT2D eigenvalue weighted by molar-refractivity contribution is 6.42. The van der Waals surface area contributed by atoms with Gasteiger partial charge in [0.2, 0.25) is 5.95 Å². The average molecular weight is 602 g/mol. The number of nitrogens with one attached hydrogen (secondary N) is 1. The summed E-state index contributed by atoms with van der Waals surface area (Å²) < 4.78 is 124. The van der Waals surface area contributed by atoms with Crippen molar-refractivity contribution in [2.24, 2.45) is 0 Å². The molecular weight excluding hydrogens is 588 g/mol. The number of carbonyl (C=O) groups is 1. The molecule has 1 unspecified atom stereocenters. The molecule has 15 heteroatoms. The third-order valence-electron chi connectivity index (χ3n) is 5.21. The number of nitrogens with zero attached hydrogens (tertiary/aromatic N) is 2. The van der Waals surface area contributed by atoms with Crippen molar-refractivity contribution in [1.82, 2.24) is 9.97 Å². The van der Waals surface area contributed by atoms with Crippen molar-refractivity contribution in [3.05, 3.63) is 92.7 Å². The SMILES string of the molecule is O=C(CNc1ncccn1)c1ccc(/C(F)=C/C(c2cc(Cl)c(Cl)c(C(F)F)c2)C(F)(F)F)cc1C(F)(F)F. The molecule has 1 N–H and O–H groups in total. The Morgan fingerprint density at radius 1 is 1.00 bits per heavy atom. The number of ketones is 1. The van der Waals surface area contributed by atoms with E-state index in [0.717, 1.165) is 0 Å². The first-order chi connectivity index (χ1) is 18.1.